The van der Waals surface area contributed by atoms with E-state index >= 15 is 0 Å². The van der Waals surface area contributed by atoms with Crippen molar-refractivity contribution in [3.8, 4) is 17.0 Å². The Balaban J connectivity index is 1.66. The molecule has 1 aliphatic rings. The van der Waals surface area contributed by atoms with Crippen molar-refractivity contribution in [1.29, 1.82) is 0 Å². The minimum Gasteiger partial charge on any atom is -0.478 e. The number of benzene rings is 1. The van der Waals surface area contributed by atoms with Crippen LogP contribution < -0.4 is 15.0 Å². The van der Waals surface area contributed by atoms with Crippen LogP contribution in [0.1, 0.15) is 18.4 Å². The summed E-state index contributed by atoms with van der Waals surface area (Å²) >= 11 is 2.89. The van der Waals surface area contributed by atoms with E-state index in [1.807, 2.05) is 37.4 Å². The van der Waals surface area contributed by atoms with Gasteiger partial charge in [-0.05, 0) is 31.5 Å². The molecule has 0 saturated carbocycles. The monoisotopic (exact) mass is 414 g/mol. The summed E-state index contributed by atoms with van der Waals surface area (Å²) in [5.74, 6) is 0.0565. The highest BCUT2D eigenvalue weighted by Crippen LogP contribution is 2.38. The molecular weight excluding hydrogens is 396 g/mol. The van der Waals surface area contributed by atoms with E-state index in [1.54, 1.807) is 22.9 Å². The van der Waals surface area contributed by atoms with Crippen LogP contribution in [0.15, 0.2) is 35.2 Å². The number of rotatable bonds is 5. The molecule has 2 amide bonds. The van der Waals surface area contributed by atoms with Crippen LogP contribution in [0.5, 0.6) is 5.75 Å². The van der Waals surface area contributed by atoms with Crippen LogP contribution in [0.4, 0.5) is 10.8 Å². The second kappa shape index (κ2) is 7.69. The van der Waals surface area contributed by atoms with Crippen LogP contribution >= 0.6 is 22.7 Å². The Kier molecular flexibility index (Phi) is 5.10. The first-order valence-electron chi connectivity index (χ1n) is 8.79. The lowest BCUT2D eigenvalue weighted by atomic mass is 10.1. The lowest BCUT2D eigenvalue weighted by molar-refractivity contribution is -0.128. The Morgan fingerprint density at radius 3 is 2.89 bits per heavy atom. The highest BCUT2D eigenvalue weighted by molar-refractivity contribution is 7.13. The number of carbonyl (C=O) groups excluding carboxylic acids is 2. The van der Waals surface area contributed by atoms with Gasteiger partial charge in [0.05, 0.1) is 16.4 Å². The van der Waals surface area contributed by atoms with Gasteiger partial charge >= 0.3 is 0 Å². The Morgan fingerprint density at radius 1 is 1.36 bits per heavy atom. The maximum absolute atomic E-state index is 12.9. The predicted octanol–water partition coefficient (Wildman–Crippen LogP) is 3.72. The summed E-state index contributed by atoms with van der Waals surface area (Å²) in [7, 11) is 0. The van der Waals surface area contributed by atoms with Crippen LogP contribution in [0.3, 0.4) is 0 Å². The topological polar surface area (TPSA) is 84.4 Å². The van der Waals surface area contributed by atoms with Gasteiger partial charge in [0, 0.05) is 22.5 Å². The van der Waals surface area contributed by atoms with Crippen LogP contribution in [-0.4, -0.2) is 34.4 Å². The van der Waals surface area contributed by atoms with Crippen molar-refractivity contribution in [2.45, 2.75) is 26.4 Å². The summed E-state index contributed by atoms with van der Waals surface area (Å²) in [6.45, 7) is 3.72. The fraction of sp³-hybridized carbons (Fsp3) is 0.263. The molecule has 9 heteroatoms. The van der Waals surface area contributed by atoms with Crippen molar-refractivity contribution in [3.05, 3.63) is 40.2 Å². The van der Waals surface area contributed by atoms with Gasteiger partial charge in [-0.1, -0.05) is 6.92 Å². The lowest BCUT2D eigenvalue weighted by Crippen LogP contribution is -2.48. The van der Waals surface area contributed by atoms with Gasteiger partial charge < -0.3 is 10.1 Å². The van der Waals surface area contributed by atoms with Gasteiger partial charge in [0.25, 0.3) is 5.91 Å². The Labute approximate surface area is 170 Å². The maximum atomic E-state index is 12.9. The van der Waals surface area contributed by atoms with Crippen molar-refractivity contribution in [2.75, 3.05) is 16.8 Å². The van der Waals surface area contributed by atoms with Crippen LogP contribution in [0, 0.1) is 6.92 Å². The van der Waals surface area contributed by atoms with E-state index in [9.17, 15) is 9.59 Å². The molecule has 144 valence electrons. The van der Waals surface area contributed by atoms with Gasteiger partial charge in [-0.15, -0.1) is 22.7 Å². The smallest absolute Gasteiger partial charge is 0.268 e. The molecule has 0 aliphatic carbocycles. The summed E-state index contributed by atoms with van der Waals surface area (Å²) in [6, 6.07) is 5.61. The zero-order valence-electron chi connectivity index (χ0n) is 15.3. The molecule has 0 bridgehead atoms. The second-order valence-corrected chi connectivity index (χ2v) is 8.22. The third-order valence-electron chi connectivity index (χ3n) is 4.33. The molecule has 2 aromatic heterocycles. The van der Waals surface area contributed by atoms with E-state index in [1.165, 1.54) is 16.2 Å². The molecule has 1 aromatic carbocycles. The number of amides is 2. The van der Waals surface area contributed by atoms with Crippen LogP contribution in [0.25, 0.3) is 11.3 Å². The average Bonchev–Trinajstić information content (AvgIpc) is 3.35. The normalized spacial score (nSPS) is 15.9. The summed E-state index contributed by atoms with van der Waals surface area (Å²) in [4.78, 5) is 35.4. The minimum atomic E-state index is -0.604. The van der Waals surface area contributed by atoms with E-state index in [-0.39, 0.29) is 18.4 Å². The van der Waals surface area contributed by atoms with E-state index in [4.69, 9.17) is 4.74 Å². The quantitative estimate of drug-likeness (QED) is 0.688. The molecule has 7 nitrogen and oxygen atoms in total. The summed E-state index contributed by atoms with van der Waals surface area (Å²) in [6.07, 6.45) is 1.54. The maximum Gasteiger partial charge on any atom is 0.268 e. The molecule has 0 radical (unpaired) electrons. The van der Waals surface area contributed by atoms with Gasteiger partial charge in [0.15, 0.2) is 11.2 Å². The van der Waals surface area contributed by atoms with Crippen molar-refractivity contribution < 1.29 is 14.3 Å². The summed E-state index contributed by atoms with van der Waals surface area (Å²) in [5.41, 5.74) is 2.29. The first-order chi connectivity index (χ1) is 13.5. The van der Waals surface area contributed by atoms with Gasteiger partial charge in [-0.3, -0.25) is 14.5 Å². The molecule has 0 fully saturated rings. The fourth-order valence-corrected chi connectivity index (χ4v) is 4.16. The highest BCUT2D eigenvalue weighted by atomic mass is 32.1. The average molecular weight is 415 g/mol. The molecule has 1 N–H and O–H groups in total. The summed E-state index contributed by atoms with van der Waals surface area (Å²) < 4.78 is 5.86. The molecule has 3 aromatic rings. The zero-order chi connectivity index (χ0) is 19.7. The van der Waals surface area contributed by atoms with E-state index < -0.39 is 6.10 Å². The highest BCUT2D eigenvalue weighted by Gasteiger charge is 2.34. The van der Waals surface area contributed by atoms with Crippen LogP contribution in [-0.2, 0) is 9.59 Å². The number of fused-ring (bicyclic) bond motifs is 1. The fourth-order valence-electron chi connectivity index (χ4n) is 2.99. The van der Waals surface area contributed by atoms with E-state index in [0.717, 1.165) is 16.3 Å². The first kappa shape index (κ1) is 18.6. The number of hydrogen-bond donors (Lipinski definition) is 1. The number of anilines is 2. The zero-order valence-corrected chi connectivity index (χ0v) is 17.0. The van der Waals surface area contributed by atoms with Crippen LogP contribution in [0.2, 0.25) is 0 Å². The van der Waals surface area contributed by atoms with Crippen molar-refractivity contribution >= 4 is 45.3 Å². The number of nitrogens with one attached hydrogen (secondary N) is 1. The van der Waals surface area contributed by atoms with Gasteiger partial charge in [-0.25, -0.2) is 9.97 Å². The lowest BCUT2D eigenvalue weighted by Gasteiger charge is -2.33. The second-order valence-electron chi connectivity index (χ2n) is 6.26. The third-order valence-corrected chi connectivity index (χ3v) is 5.79. The Bertz CT molecular complexity index is 1020. The molecule has 1 unspecified atom stereocenters. The first-order valence-corrected chi connectivity index (χ1v) is 10.5. The number of carbonyl (C=O) groups is 2. The van der Waals surface area contributed by atoms with Crippen molar-refractivity contribution in [3.63, 3.8) is 0 Å². The SMILES string of the molecule is CCC1Oc2ccc(-c3csc(C)n3)cc2N(CC(=O)Nc2nccs2)C1=O. The molecule has 3 heterocycles. The summed E-state index contributed by atoms with van der Waals surface area (Å²) in [5, 5.41) is 7.94. The van der Waals surface area contributed by atoms with Gasteiger partial charge in [-0.2, -0.15) is 0 Å². The number of aromatic nitrogens is 2. The Hall–Kier alpha value is -2.78. The number of ether oxygens (including phenoxy) is 1. The minimum absolute atomic E-state index is 0.106. The molecule has 28 heavy (non-hydrogen) atoms. The number of thiazole rings is 2. The molecule has 4 rings (SSSR count). The predicted molar refractivity (Wildman–Crippen MR) is 110 cm³/mol. The standard InChI is InChI=1S/C19H18N4O3S2/c1-3-15-18(25)23(9-17(24)22-19-20-6-7-27-19)14-8-12(4-5-16(14)26-15)13-10-28-11(2)21-13/h4-8,10,15H,3,9H2,1-2H3,(H,20,22,24). The molecule has 1 aliphatic heterocycles. The number of nitrogens with zero attached hydrogens (tertiary/aromatic N) is 3. The number of aryl methyl sites for hydroxylation is 1. The van der Waals surface area contributed by atoms with Crippen molar-refractivity contribution in [2.24, 2.45) is 0 Å². The van der Waals surface area contributed by atoms with Crippen molar-refractivity contribution in [1.82, 2.24) is 9.97 Å². The molecular formula is C19H18N4O3S2. The molecule has 0 saturated heterocycles. The van der Waals surface area contributed by atoms with Gasteiger partial charge in [0.1, 0.15) is 12.3 Å². The third kappa shape index (κ3) is 3.63. The molecule has 1 atom stereocenters. The molecule has 0 spiro atoms. The number of hydrogen-bond acceptors (Lipinski definition) is 7. The van der Waals surface area contributed by atoms with E-state index in [0.29, 0.717) is 23.0 Å². The van der Waals surface area contributed by atoms with Gasteiger partial charge in [0.2, 0.25) is 5.91 Å². The largest absolute Gasteiger partial charge is 0.478 e. The van der Waals surface area contributed by atoms with E-state index in [2.05, 4.69) is 15.3 Å². The Morgan fingerprint density at radius 2 is 2.21 bits per heavy atom.